The van der Waals surface area contributed by atoms with Crippen LogP contribution in [0.15, 0.2) is 28.3 Å². The Hall–Kier alpha value is -2.48. The van der Waals surface area contributed by atoms with Crippen LogP contribution in [0.3, 0.4) is 0 Å². The number of carbonyl (C=O) groups is 1. The average Bonchev–Trinajstić information content (AvgIpc) is 3.02. The highest BCUT2D eigenvalue weighted by Crippen LogP contribution is 2.32. The summed E-state index contributed by atoms with van der Waals surface area (Å²) in [6, 6.07) is 5.24. The van der Waals surface area contributed by atoms with Crippen molar-refractivity contribution in [3.63, 3.8) is 0 Å². The van der Waals surface area contributed by atoms with E-state index in [0.717, 1.165) is 11.8 Å². The molecule has 120 valence electrons. The van der Waals surface area contributed by atoms with Crippen molar-refractivity contribution in [3.8, 4) is 11.5 Å². The lowest BCUT2D eigenvalue weighted by Gasteiger charge is -2.18. The molecule has 0 saturated carbocycles. The van der Waals surface area contributed by atoms with Crippen molar-refractivity contribution in [1.29, 1.82) is 0 Å². The zero-order chi connectivity index (χ0) is 16.2. The number of aliphatic carboxylic acids is 1. The highest BCUT2D eigenvalue weighted by Gasteiger charge is 2.12. The van der Waals surface area contributed by atoms with Gasteiger partial charge in [0.05, 0.1) is 5.97 Å². The first-order valence-electron chi connectivity index (χ1n) is 7.07. The third kappa shape index (κ3) is 3.65. The van der Waals surface area contributed by atoms with Crippen molar-refractivity contribution in [2.45, 2.75) is 18.5 Å². The van der Waals surface area contributed by atoms with E-state index in [1.165, 1.54) is 6.08 Å². The summed E-state index contributed by atoms with van der Waals surface area (Å²) in [5, 5.41) is 18.4. The van der Waals surface area contributed by atoms with Crippen molar-refractivity contribution < 1.29 is 19.4 Å². The second-order valence-electron chi connectivity index (χ2n) is 4.72. The predicted octanol–water partition coefficient (Wildman–Crippen LogP) is 1.02. The molecule has 23 heavy (non-hydrogen) atoms. The van der Waals surface area contributed by atoms with Gasteiger partial charge in [-0.2, -0.15) is 0 Å². The number of fused-ring (bicyclic) bond motifs is 1. The molecule has 1 aromatic heterocycles. The summed E-state index contributed by atoms with van der Waals surface area (Å²) in [5.41, 5.74) is 0.673. The minimum atomic E-state index is -1.28. The lowest BCUT2D eigenvalue weighted by molar-refractivity contribution is -0.297. The van der Waals surface area contributed by atoms with E-state index >= 15 is 0 Å². The number of carboxylic acids is 1. The molecule has 2 heterocycles. The van der Waals surface area contributed by atoms with Gasteiger partial charge in [0.1, 0.15) is 19.0 Å². The fourth-order valence-electron chi connectivity index (χ4n) is 2.01. The third-order valence-corrected chi connectivity index (χ3v) is 3.98. The van der Waals surface area contributed by atoms with Gasteiger partial charge in [-0.15, -0.1) is 5.10 Å². The normalized spacial score (nSPS) is 13.9. The van der Waals surface area contributed by atoms with Crippen LogP contribution in [0.2, 0.25) is 0 Å². The van der Waals surface area contributed by atoms with Crippen LogP contribution < -0.4 is 14.6 Å². The smallest absolute Gasteiger partial charge is 0.213 e. The molecule has 3 rings (SSSR count). The second-order valence-corrected chi connectivity index (χ2v) is 5.73. The number of ether oxygens (including phenoxy) is 2. The molecule has 0 unspecified atom stereocenters. The molecule has 0 radical (unpaired) electrons. The number of benzene rings is 1. The molecule has 1 aromatic carbocycles. The van der Waals surface area contributed by atoms with E-state index in [2.05, 4.69) is 15.2 Å². The number of hydrogen-bond donors (Lipinski definition) is 1. The van der Waals surface area contributed by atoms with E-state index in [4.69, 9.17) is 9.47 Å². The molecular formula is C15H14N3O4S-. The fraction of sp³-hybridized carbons (Fsp3) is 0.267. The van der Waals surface area contributed by atoms with Crippen molar-refractivity contribution in [3.05, 3.63) is 34.5 Å². The van der Waals surface area contributed by atoms with Crippen LogP contribution in [0.4, 0.5) is 0 Å². The first kappa shape index (κ1) is 15.4. The number of thioether (sulfide) groups is 1. The highest BCUT2D eigenvalue weighted by atomic mass is 32.2. The average molecular weight is 332 g/mol. The monoisotopic (exact) mass is 332 g/mol. The Balaban J connectivity index is 1.85. The van der Waals surface area contributed by atoms with Crippen LogP contribution in [0.25, 0.3) is 6.08 Å². The van der Waals surface area contributed by atoms with Crippen LogP contribution in [0.5, 0.6) is 11.5 Å². The molecule has 0 atom stereocenters. The molecular weight excluding hydrogens is 318 g/mol. The number of carboxylic acid groups (broad SMARTS) is 1. The van der Waals surface area contributed by atoms with Gasteiger partial charge in [-0.25, -0.2) is 4.98 Å². The molecule has 7 nitrogen and oxygen atoms in total. The van der Waals surface area contributed by atoms with Gasteiger partial charge >= 0.3 is 0 Å². The maximum absolute atomic E-state index is 11.4. The van der Waals surface area contributed by atoms with Crippen molar-refractivity contribution in [2.75, 3.05) is 13.2 Å². The van der Waals surface area contributed by atoms with Gasteiger partial charge in [-0.3, -0.25) is 5.10 Å². The summed E-state index contributed by atoms with van der Waals surface area (Å²) in [5.74, 6) is 0.661. The van der Waals surface area contributed by atoms with Gasteiger partial charge < -0.3 is 19.4 Å². The maximum atomic E-state index is 11.4. The van der Waals surface area contributed by atoms with E-state index in [1.54, 1.807) is 18.2 Å². The lowest BCUT2D eigenvalue weighted by atomic mass is 10.2. The molecule has 1 aliphatic rings. The molecule has 0 fully saturated rings. The Labute approximate surface area is 136 Å². The molecule has 0 saturated heterocycles. The lowest BCUT2D eigenvalue weighted by Crippen LogP contribution is -2.23. The van der Waals surface area contributed by atoms with Crippen LogP contribution in [0.1, 0.15) is 18.3 Å². The van der Waals surface area contributed by atoms with E-state index in [9.17, 15) is 9.90 Å². The van der Waals surface area contributed by atoms with Crippen molar-refractivity contribution >= 4 is 23.8 Å². The van der Waals surface area contributed by atoms with Gasteiger partial charge in [0.15, 0.2) is 11.5 Å². The minimum Gasteiger partial charge on any atom is -0.544 e. The van der Waals surface area contributed by atoms with E-state index < -0.39 is 5.97 Å². The number of hydrogen-bond acceptors (Lipinski definition) is 7. The summed E-state index contributed by atoms with van der Waals surface area (Å²) in [4.78, 5) is 15.6. The quantitative estimate of drug-likeness (QED) is 0.644. The number of aromatic nitrogens is 3. The molecule has 1 N–H and O–H groups in total. The van der Waals surface area contributed by atoms with Crippen LogP contribution in [0, 0.1) is 0 Å². The Kier molecular flexibility index (Phi) is 4.52. The predicted molar refractivity (Wildman–Crippen MR) is 82.0 cm³/mol. The number of H-pyrrole nitrogens is 1. The zero-order valence-corrected chi connectivity index (χ0v) is 13.2. The van der Waals surface area contributed by atoms with Crippen molar-refractivity contribution in [1.82, 2.24) is 15.2 Å². The molecule has 0 bridgehead atoms. The van der Waals surface area contributed by atoms with Crippen LogP contribution in [-0.4, -0.2) is 34.4 Å². The summed E-state index contributed by atoms with van der Waals surface area (Å²) in [6.45, 7) is 2.91. The number of aryl methyl sites for hydroxylation is 1. The van der Waals surface area contributed by atoms with Gasteiger partial charge in [0.25, 0.3) is 0 Å². The molecule has 0 spiro atoms. The summed E-state index contributed by atoms with van der Waals surface area (Å²) >= 11 is 0.939. The molecule has 0 amide bonds. The van der Waals surface area contributed by atoms with E-state index in [1.807, 2.05) is 6.92 Å². The topological polar surface area (TPSA) is 100 Å². The number of nitrogens with one attached hydrogen (secondary N) is 1. The first-order valence-corrected chi connectivity index (χ1v) is 7.89. The summed E-state index contributed by atoms with van der Waals surface area (Å²) in [6.07, 6.45) is 2.19. The Morgan fingerprint density at radius 1 is 1.39 bits per heavy atom. The van der Waals surface area contributed by atoms with Gasteiger partial charge in [-0.1, -0.05) is 13.0 Å². The Morgan fingerprint density at radius 3 is 2.87 bits per heavy atom. The minimum absolute atomic E-state index is 0.0170. The Morgan fingerprint density at radius 2 is 2.17 bits per heavy atom. The third-order valence-electron chi connectivity index (χ3n) is 3.11. The molecule has 8 heteroatoms. The maximum Gasteiger partial charge on any atom is 0.213 e. The highest BCUT2D eigenvalue weighted by molar-refractivity contribution is 8.04. The van der Waals surface area contributed by atoms with Crippen LogP contribution >= 0.6 is 11.8 Å². The zero-order valence-electron chi connectivity index (χ0n) is 12.4. The largest absolute Gasteiger partial charge is 0.544 e. The van der Waals surface area contributed by atoms with Gasteiger partial charge in [0.2, 0.25) is 5.16 Å². The summed E-state index contributed by atoms with van der Waals surface area (Å²) in [7, 11) is 0. The number of aromatic amines is 1. The standard InChI is InChI=1S/C15H15N3O4S/c1-2-13-16-15(18-17-13)23-12(14(19)20)8-9-3-4-10-11(7-9)22-6-5-21-10/h3-4,7-8H,2,5-6H2,1H3,(H,19,20)(H,16,17,18)/p-1/b12-8-. The first-order chi connectivity index (χ1) is 11.2. The van der Waals surface area contributed by atoms with Crippen molar-refractivity contribution in [2.24, 2.45) is 0 Å². The number of nitrogens with zero attached hydrogens (tertiary/aromatic N) is 2. The molecule has 2 aromatic rings. The number of carbonyl (C=O) groups excluding carboxylic acids is 1. The molecule has 1 aliphatic heterocycles. The SMILES string of the molecule is CCc1nc(S/C(=C\c2ccc3c(c2)OCCO3)C(=O)[O-])n[nH]1. The second kappa shape index (κ2) is 6.74. The summed E-state index contributed by atoms with van der Waals surface area (Å²) < 4.78 is 10.9. The Bertz CT molecular complexity index is 757. The molecule has 0 aliphatic carbocycles. The fourth-order valence-corrected chi connectivity index (χ4v) is 2.73. The van der Waals surface area contributed by atoms with Gasteiger partial charge in [0, 0.05) is 11.3 Å². The van der Waals surface area contributed by atoms with E-state index in [-0.39, 0.29) is 4.91 Å². The number of rotatable bonds is 5. The van der Waals surface area contributed by atoms with Crippen LogP contribution in [-0.2, 0) is 11.2 Å². The van der Waals surface area contributed by atoms with Gasteiger partial charge in [-0.05, 0) is 35.5 Å². The van der Waals surface area contributed by atoms with E-state index in [0.29, 0.717) is 47.7 Å².